The lowest BCUT2D eigenvalue weighted by Crippen LogP contribution is -2.45. The van der Waals surface area contributed by atoms with Crippen molar-refractivity contribution in [3.8, 4) is 0 Å². The minimum atomic E-state index is -1.20. The van der Waals surface area contributed by atoms with Crippen molar-refractivity contribution in [2.75, 3.05) is 26.9 Å². The van der Waals surface area contributed by atoms with Gasteiger partial charge in [-0.25, -0.2) is 0 Å². The number of esters is 1. The molecule has 0 aromatic carbocycles. The van der Waals surface area contributed by atoms with Crippen LogP contribution in [0.5, 0.6) is 0 Å². The molecule has 7 heteroatoms. The van der Waals surface area contributed by atoms with Crippen LogP contribution in [0.15, 0.2) is 11.1 Å². The van der Waals surface area contributed by atoms with Crippen molar-refractivity contribution in [2.24, 2.45) is 5.92 Å². The topological polar surface area (TPSA) is 82.1 Å². The summed E-state index contributed by atoms with van der Waals surface area (Å²) < 4.78 is 15.9. The molecule has 2 heterocycles. The van der Waals surface area contributed by atoms with E-state index >= 15 is 0 Å². The van der Waals surface area contributed by atoms with Gasteiger partial charge in [-0.2, -0.15) is 0 Å². The van der Waals surface area contributed by atoms with Gasteiger partial charge in [0, 0.05) is 12.0 Å². The molecule has 0 bridgehead atoms. The van der Waals surface area contributed by atoms with E-state index in [-0.39, 0.29) is 18.2 Å². The fourth-order valence-electron chi connectivity index (χ4n) is 3.67. The largest absolute Gasteiger partial charge is 0.469 e. The van der Waals surface area contributed by atoms with Crippen molar-refractivity contribution in [2.45, 2.75) is 44.8 Å². The molecular weight excluding hydrogens is 314 g/mol. The third-order valence-electron chi connectivity index (χ3n) is 5.09. The molecule has 1 fully saturated rings. The minimum absolute atomic E-state index is 0.171. The number of methoxy groups -OCH3 is 1. The molecule has 2 aliphatic heterocycles. The molecule has 7 nitrogen and oxygen atoms in total. The number of amides is 2. The van der Waals surface area contributed by atoms with Crippen molar-refractivity contribution in [1.82, 2.24) is 4.90 Å². The SMILES string of the molecule is COC(=O)C(CC(=O)N1CC2=C(CCCC2)C1=O)C1(C)OCCO1. The van der Waals surface area contributed by atoms with Gasteiger partial charge in [0.15, 0.2) is 5.79 Å². The maximum Gasteiger partial charge on any atom is 0.314 e. The fourth-order valence-corrected chi connectivity index (χ4v) is 3.67. The van der Waals surface area contributed by atoms with Gasteiger partial charge in [-0.05, 0) is 38.2 Å². The van der Waals surface area contributed by atoms with Crippen LogP contribution in [0.4, 0.5) is 0 Å². The molecule has 3 aliphatic rings. The highest BCUT2D eigenvalue weighted by Crippen LogP contribution is 2.35. The molecule has 0 radical (unpaired) electrons. The van der Waals surface area contributed by atoms with Crippen LogP contribution in [-0.2, 0) is 28.6 Å². The van der Waals surface area contributed by atoms with Crippen LogP contribution in [0.25, 0.3) is 0 Å². The second-order valence-electron chi connectivity index (χ2n) is 6.57. The normalized spacial score (nSPS) is 24.1. The van der Waals surface area contributed by atoms with Crippen LogP contribution >= 0.6 is 0 Å². The van der Waals surface area contributed by atoms with E-state index in [9.17, 15) is 14.4 Å². The van der Waals surface area contributed by atoms with Gasteiger partial charge in [-0.1, -0.05) is 0 Å². The van der Waals surface area contributed by atoms with Gasteiger partial charge in [0.05, 0.1) is 26.9 Å². The van der Waals surface area contributed by atoms with Gasteiger partial charge in [-0.15, -0.1) is 0 Å². The number of carbonyl (C=O) groups is 3. The minimum Gasteiger partial charge on any atom is -0.469 e. The smallest absolute Gasteiger partial charge is 0.314 e. The lowest BCUT2D eigenvalue weighted by molar-refractivity contribution is -0.201. The number of imide groups is 1. The number of hydrogen-bond acceptors (Lipinski definition) is 6. The van der Waals surface area contributed by atoms with Gasteiger partial charge in [-0.3, -0.25) is 19.3 Å². The second kappa shape index (κ2) is 6.64. The van der Waals surface area contributed by atoms with Crippen molar-refractivity contribution < 1.29 is 28.6 Å². The lowest BCUT2D eigenvalue weighted by Gasteiger charge is -2.30. The summed E-state index contributed by atoms with van der Waals surface area (Å²) in [5.41, 5.74) is 1.84. The van der Waals surface area contributed by atoms with E-state index in [2.05, 4.69) is 0 Å². The summed E-state index contributed by atoms with van der Waals surface area (Å²) in [6, 6.07) is 0. The number of nitrogens with zero attached hydrogens (tertiary/aromatic N) is 1. The van der Waals surface area contributed by atoms with E-state index in [0.29, 0.717) is 19.8 Å². The van der Waals surface area contributed by atoms with Gasteiger partial charge in [0.2, 0.25) is 5.91 Å². The zero-order valence-corrected chi connectivity index (χ0v) is 14.1. The average molecular weight is 337 g/mol. The molecule has 0 N–H and O–H groups in total. The van der Waals surface area contributed by atoms with Crippen molar-refractivity contribution in [3.05, 3.63) is 11.1 Å². The summed E-state index contributed by atoms with van der Waals surface area (Å²) in [5.74, 6) is -3.26. The van der Waals surface area contributed by atoms with Crippen LogP contribution in [0.1, 0.15) is 39.0 Å². The molecule has 0 saturated carbocycles. The van der Waals surface area contributed by atoms with Crippen LogP contribution in [-0.4, -0.2) is 55.3 Å². The van der Waals surface area contributed by atoms with Crippen LogP contribution in [0, 0.1) is 5.92 Å². The monoisotopic (exact) mass is 337 g/mol. The number of ether oxygens (including phenoxy) is 3. The Bertz CT molecular complexity index is 590. The highest BCUT2D eigenvalue weighted by molar-refractivity contribution is 6.07. The fraction of sp³-hybridized carbons (Fsp3) is 0.706. The number of carbonyl (C=O) groups excluding carboxylic acids is 3. The Balaban J connectivity index is 1.72. The molecule has 1 aliphatic carbocycles. The molecule has 0 aromatic heterocycles. The summed E-state index contributed by atoms with van der Waals surface area (Å²) in [5, 5.41) is 0. The van der Waals surface area contributed by atoms with Crippen molar-refractivity contribution >= 4 is 17.8 Å². The highest BCUT2D eigenvalue weighted by Gasteiger charge is 2.47. The zero-order valence-electron chi connectivity index (χ0n) is 14.1. The first kappa shape index (κ1) is 17.1. The van der Waals surface area contributed by atoms with E-state index in [1.807, 2.05) is 0 Å². The molecule has 132 valence electrons. The van der Waals surface area contributed by atoms with Crippen LogP contribution in [0.2, 0.25) is 0 Å². The molecule has 1 atom stereocenters. The highest BCUT2D eigenvalue weighted by atomic mass is 16.7. The Morgan fingerprint density at radius 3 is 2.54 bits per heavy atom. The second-order valence-corrected chi connectivity index (χ2v) is 6.57. The number of rotatable bonds is 4. The van der Waals surface area contributed by atoms with Gasteiger partial charge in [0.1, 0.15) is 5.92 Å². The van der Waals surface area contributed by atoms with E-state index < -0.39 is 17.7 Å². The molecule has 1 unspecified atom stereocenters. The van der Waals surface area contributed by atoms with Crippen molar-refractivity contribution in [1.29, 1.82) is 0 Å². The standard InChI is InChI=1S/C17H23NO6/c1-17(23-7-8-24-17)13(16(21)22-2)9-14(19)18-10-11-5-3-4-6-12(11)15(18)20/h13H,3-10H2,1-2H3. The molecule has 3 rings (SSSR count). The molecular formula is C17H23NO6. The predicted molar refractivity (Wildman–Crippen MR) is 82.6 cm³/mol. The van der Waals surface area contributed by atoms with E-state index in [1.165, 1.54) is 12.0 Å². The molecule has 1 saturated heterocycles. The average Bonchev–Trinajstić information content (AvgIpc) is 3.17. The lowest BCUT2D eigenvalue weighted by atomic mass is 9.94. The third-order valence-corrected chi connectivity index (χ3v) is 5.09. The molecule has 2 amide bonds. The molecule has 0 aromatic rings. The van der Waals surface area contributed by atoms with Crippen molar-refractivity contribution in [3.63, 3.8) is 0 Å². The maximum absolute atomic E-state index is 12.7. The molecule has 24 heavy (non-hydrogen) atoms. The molecule has 0 spiro atoms. The van der Waals surface area contributed by atoms with Gasteiger partial charge >= 0.3 is 5.97 Å². The van der Waals surface area contributed by atoms with Gasteiger partial charge < -0.3 is 14.2 Å². The first-order chi connectivity index (χ1) is 11.5. The Hall–Kier alpha value is -1.73. The Labute approximate surface area is 140 Å². The van der Waals surface area contributed by atoms with E-state index in [0.717, 1.165) is 36.8 Å². The zero-order chi connectivity index (χ0) is 17.3. The Morgan fingerprint density at radius 1 is 1.25 bits per heavy atom. The quantitative estimate of drug-likeness (QED) is 0.716. The summed E-state index contributed by atoms with van der Waals surface area (Å²) in [6.45, 7) is 2.69. The van der Waals surface area contributed by atoms with Crippen LogP contribution < -0.4 is 0 Å². The van der Waals surface area contributed by atoms with E-state index in [4.69, 9.17) is 14.2 Å². The first-order valence-corrected chi connectivity index (χ1v) is 8.37. The predicted octanol–water partition coefficient (Wildman–Crippen LogP) is 1.17. The Morgan fingerprint density at radius 2 is 1.92 bits per heavy atom. The number of hydrogen-bond donors (Lipinski definition) is 0. The Kier molecular flexibility index (Phi) is 4.73. The summed E-state index contributed by atoms with van der Waals surface area (Å²) in [7, 11) is 1.26. The summed E-state index contributed by atoms with van der Waals surface area (Å²) in [6.07, 6.45) is 3.48. The van der Waals surface area contributed by atoms with E-state index in [1.54, 1.807) is 6.92 Å². The maximum atomic E-state index is 12.7. The first-order valence-electron chi connectivity index (χ1n) is 8.37. The summed E-state index contributed by atoms with van der Waals surface area (Å²) in [4.78, 5) is 38.6. The third kappa shape index (κ3) is 2.98. The van der Waals surface area contributed by atoms with Gasteiger partial charge in [0.25, 0.3) is 5.91 Å². The van der Waals surface area contributed by atoms with Crippen LogP contribution in [0.3, 0.4) is 0 Å². The summed E-state index contributed by atoms with van der Waals surface area (Å²) >= 11 is 0.